The van der Waals surface area contributed by atoms with E-state index >= 15 is 0 Å². The number of nitrogens with one attached hydrogen (secondary N) is 2. The van der Waals surface area contributed by atoms with Crippen molar-refractivity contribution in [3.8, 4) is 0 Å². The molecule has 0 saturated carbocycles. The van der Waals surface area contributed by atoms with Gasteiger partial charge in [-0.3, -0.25) is 9.80 Å². The molecule has 0 bridgehead atoms. The summed E-state index contributed by atoms with van der Waals surface area (Å²) in [5.41, 5.74) is 1.85. The maximum Gasteiger partial charge on any atom is 0.260 e. The normalized spacial score (nSPS) is 16.1. The van der Waals surface area contributed by atoms with E-state index in [-0.39, 0.29) is 11.8 Å². The van der Waals surface area contributed by atoms with Crippen LogP contribution >= 0.6 is 23.2 Å². The Bertz CT molecular complexity index is 917. The van der Waals surface area contributed by atoms with Crippen molar-refractivity contribution in [3.05, 3.63) is 45.7 Å². The summed E-state index contributed by atoms with van der Waals surface area (Å²) in [6, 6.07) is 5.32. The molecular formula is C19H22Cl2N6O. The Morgan fingerprint density at radius 2 is 2.11 bits per heavy atom. The van der Waals surface area contributed by atoms with Gasteiger partial charge in [0.05, 0.1) is 33.5 Å². The average molecular weight is 421 g/mol. The summed E-state index contributed by atoms with van der Waals surface area (Å²) in [5, 5.41) is 13.3. The third-order valence-corrected chi connectivity index (χ3v) is 5.08. The van der Waals surface area contributed by atoms with E-state index in [1.807, 2.05) is 13.0 Å². The fourth-order valence-corrected chi connectivity index (χ4v) is 3.06. The van der Waals surface area contributed by atoms with Crippen LogP contribution in [0.4, 0.5) is 11.6 Å². The molecule has 1 aromatic heterocycles. The van der Waals surface area contributed by atoms with Crippen molar-refractivity contribution < 1.29 is 4.79 Å². The van der Waals surface area contributed by atoms with Crippen molar-refractivity contribution in [1.29, 1.82) is 0 Å². The number of rotatable bonds is 5. The van der Waals surface area contributed by atoms with Crippen molar-refractivity contribution in [1.82, 2.24) is 15.3 Å². The maximum absolute atomic E-state index is 12.7. The number of anilines is 2. The summed E-state index contributed by atoms with van der Waals surface area (Å²) in [6.45, 7) is 7.26. The number of amidine groups is 1. The highest BCUT2D eigenvalue weighted by atomic mass is 35.5. The van der Waals surface area contributed by atoms with Crippen LogP contribution in [0.15, 0.2) is 29.5 Å². The summed E-state index contributed by atoms with van der Waals surface area (Å²) in [4.78, 5) is 21.2. The largest absolute Gasteiger partial charge is 0.354 e. The molecule has 1 amide bonds. The van der Waals surface area contributed by atoms with Gasteiger partial charge in [-0.2, -0.15) is 5.10 Å². The van der Waals surface area contributed by atoms with E-state index < -0.39 is 0 Å². The first-order chi connectivity index (χ1) is 13.4. The molecule has 1 aliphatic rings. The number of hydrogen-bond donors (Lipinski definition) is 2. The third kappa shape index (κ3) is 4.54. The zero-order valence-corrected chi connectivity index (χ0v) is 17.5. The van der Waals surface area contributed by atoms with Gasteiger partial charge in [0.1, 0.15) is 5.84 Å². The standard InChI is InChI=1S/C19H22Cl2N6O/c1-4-7-22-19-23-9-14(12(3)24-19)18(28)25-17-11(2)10-27(26-17)13-5-6-15(20)16(21)8-13/h5-6,8-9,11H,4,7,10H2,1-3H3,(H,22,23,24)(H,25,26,28)/t11-/m0/s1. The second-order valence-corrected chi connectivity index (χ2v) is 7.45. The van der Waals surface area contributed by atoms with Crippen LogP contribution in [-0.4, -0.2) is 34.8 Å². The van der Waals surface area contributed by atoms with Crippen molar-refractivity contribution >= 4 is 46.6 Å². The van der Waals surface area contributed by atoms with Crippen LogP contribution in [-0.2, 0) is 0 Å². The summed E-state index contributed by atoms with van der Waals surface area (Å²) < 4.78 is 0. The highest BCUT2D eigenvalue weighted by Crippen LogP contribution is 2.29. The average Bonchev–Trinajstić information content (AvgIpc) is 3.02. The molecule has 1 atom stereocenters. The molecular weight excluding hydrogens is 399 g/mol. The van der Waals surface area contributed by atoms with Crippen LogP contribution < -0.4 is 15.6 Å². The first kappa shape index (κ1) is 20.4. The molecule has 2 heterocycles. The number of hydrogen-bond acceptors (Lipinski definition) is 6. The lowest BCUT2D eigenvalue weighted by atomic mass is 10.1. The molecule has 7 nitrogen and oxygen atoms in total. The molecule has 0 radical (unpaired) electrons. The van der Waals surface area contributed by atoms with Crippen molar-refractivity contribution in [3.63, 3.8) is 0 Å². The van der Waals surface area contributed by atoms with Crippen LogP contribution in [0.1, 0.15) is 36.3 Å². The van der Waals surface area contributed by atoms with Crippen molar-refractivity contribution in [2.75, 3.05) is 23.4 Å². The number of nitrogens with zero attached hydrogens (tertiary/aromatic N) is 4. The minimum atomic E-state index is -0.277. The van der Waals surface area contributed by atoms with Gasteiger partial charge in [-0.1, -0.05) is 37.0 Å². The van der Waals surface area contributed by atoms with E-state index in [2.05, 4.69) is 32.6 Å². The molecule has 28 heavy (non-hydrogen) atoms. The lowest BCUT2D eigenvalue weighted by molar-refractivity contribution is 0.0974. The molecule has 9 heteroatoms. The molecule has 1 aromatic carbocycles. The molecule has 0 aliphatic carbocycles. The zero-order valence-electron chi connectivity index (χ0n) is 16.0. The molecule has 3 rings (SSSR count). The molecule has 0 unspecified atom stereocenters. The fraction of sp³-hybridized carbons (Fsp3) is 0.368. The second-order valence-electron chi connectivity index (χ2n) is 6.64. The van der Waals surface area contributed by atoms with Gasteiger partial charge in [0.2, 0.25) is 5.95 Å². The van der Waals surface area contributed by atoms with E-state index in [1.54, 1.807) is 24.1 Å². The van der Waals surface area contributed by atoms with E-state index in [0.29, 0.717) is 39.6 Å². The quantitative estimate of drug-likeness (QED) is 0.759. The monoisotopic (exact) mass is 420 g/mol. The van der Waals surface area contributed by atoms with Crippen LogP contribution in [0.2, 0.25) is 10.0 Å². The number of carbonyl (C=O) groups excluding carboxylic acids is 1. The minimum absolute atomic E-state index is 0.0464. The summed E-state index contributed by atoms with van der Waals surface area (Å²) >= 11 is 12.1. The lowest BCUT2D eigenvalue weighted by Gasteiger charge is -2.14. The first-order valence-electron chi connectivity index (χ1n) is 9.09. The second kappa shape index (κ2) is 8.75. The number of aromatic nitrogens is 2. The minimum Gasteiger partial charge on any atom is -0.354 e. The van der Waals surface area contributed by atoms with E-state index in [4.69, 9.17) is 23.2 Å². The molecule has 0 spiro atoms. The van der Waals surface area contributed by atoms with Gasteiger partial charge in [0.15, 0.2) is 0 Å². The van der Waals surface area contributed by atoms with Gasteiger partial charge in [-0.05, 0) is 31.5 Å². The highest BCUT2D eigenvalue weighted by molar-refractivity contribution is 6.42. The summed E-state index contributed by atoms with van der Waals surface area (Å²) in [7, 11) is 0. The van der Waals surface area contributed by atoms with E-state index in [1.165, 1.54) is 6.20 Å². The molecule has 0 saturated heterocycles. The third-order valence-electron chi connectivity index (χ3n) is 4.34. The zero-order chi connectivity index (χ0) is 20.3. The molecule has 148 valence electrons. The number of aryl methyl sites for hydroxylation is 1. The van der Waals surface area contributed by atoms with Gasteiger partial charge in [-0.15, -0.1) is 0 Å². The molecule has 2 N–H and O–H groups in total. The van der Waals surface area contributed by atoms with Gasteiger partial charge < -0.3 is 10.6 Å². The number of hydrazone groups is 1. The highest BCUT2D eigenvalue weighted by Gasteiger charge is 2.26. The lowest BCUT2D eigenvalue weighted by Crippen LogP contribution is -2.34. The van der Waals surface area contributed by atoms with Crippen LogP contribution in [0.5, 0.6) is 0 Å². The van der Waals surface area contributed by atoms with Crippen LogP contribution in [0.3, 0.4) is 0 Å². The number of benzene rings is 1. The SMILES string of the molecule is CCCNc1ncc(C(=O)NC2=NN(c3ccc(Cl)c(Cl)c3)C[C@@H]2C)c(C)n1. The van der Waals surface area contributed by atoms with Crippen LogP contribution in [0, 0.1) is 12.8 Å². The van der Waals surface area contributed by atoms with Gasteiger partial charge in [0, 0.05) is 18.7 Å². The Hall–Kier alpha value is -2.38. The molecule has 2 aromatic rings. The Labute approximate surface area is 174 Å². The molecule has 1 aliphatic heterocycles. The number of halogens is 2. The summed E-state index contributed by atoms with van der Waals surface area (Å²) in [5.74, 6) is 0.878. The number of carbonyl (C=O) groups is 1. The number of amides is 1. The van der Waals surface area contributed by atoms with E-state index in [0.717, 1.165) is 18.7 Å². The topological polar surface area (TPSA) is 82.5 Å². The maximum atomic E-state index is 12.7. The van der Waals surface area contributed by atoms with Gasteiger partial charge in [-0.25, -0.2) is 9.97 Å². The smallest absolute Gasteiger partial charge is 0.260 e. The van der Waals surface area contributed by atoms with E-state index in [9.17, 15) is 4.79 Å². The fourth-order valence-electron chi connectivity index (χ4n) is 2.77. The Balaban J connectivity index is 1.73. The predicted octanol–water partition coefficient (Wildman–Crippen LogP) is 4.11. The Kier molecular flexibility index (Phi) is 6.36. The summed E-state index contributed by atoms with van der Waals surface area (Å²) in [6.07, 6.45) is 2.50. The van der Waals surface area contributed by atoms with Crippen molar-refractivity contribution in [2.45, 2.75) is 27.2 Å². The van der Waals surface area contributed by atoms with Gasteiger partial charge >= 0.3 is 0 Å². The predicted molar refractivity (Wildman–Crippen MR) is 113 cm³/mol. The van der Waals surface area contributed by atoms with Crippen LogP contribution in [0.25, 0.3) is 0 Å². The van der Waals surface area contributed by atoms with Crippen molar-refractivity contribution in [2.24, 2.45) is 11.0 Å². The Morgan fingerprint density at radius 3 is 2.79 bits per heavy atom. The Morgan fingerprint density at radius 1 is 1.32 bits per heavy atom. The van der Waals surface area contributed by atoms with Gasteiger partial charge in [0.25, 0.3) is 5.91 Å². The molecule has 0 fully saturated rings. The first-order valence-corrected chi connectivity index (χ1v) is 9.84.